The van der Waals surface area contributed by atoms with Crippen LogP contribution in [0.5, 0.6) is 0 Å². The average molecular weight is 363 g/mol. The summed E-state index contributed by atoms with van der Waals surface area (Å²) < 4.78 is 1.80. The van der Waals surface area contributed by atoms with Gasteiger partial charge in [0, 0.05) is 43.8 Å². The number of anilines is 1. The molecule has 27 heavy (non-hydrogen) atoms. The summed E-state index contributed by atoms with van der Waals surface area (Å²) in [5.41, 5.74) is 2.96. The molecule has 138 valence electrons. The highest BCUT2D eigenvalue weighted by molar-refractivity contribution is 5.81. The highest BCUT2D eigenvalue weighted by Gasteiger charge is 2.33. The van der Waals surface area contributed by atoms with Crippen LogP contribution < -0.4 is 10.2 Å². The number of rotatable bonds is 5. The Labute approximate surface area is 157 Å². The van der Waals surface area contributed by atoms with E-state index in [0.717, 1.165) is 28.6 Å². The van der Waals surface area contributed by atoms with E-state index in [0.29, 0.717) is 19.6 Å². The number of hydrogen-bond acceptors (Lipinski definition) is 6. The standard InChI is InChI=1S/C19H21N7O/c1-13-6-14(2)26(24-13)18-7-17(22-12-23-18)25-10-16(11-25)19(27)21-9-15-4-3-5-20-8-15/h3-8,12,16H,9-11H2,1-2H3,(H,21,27). The van der Waals surface area contributed by atoms with Gasteiger partial charge in [0.2, 0.25) is 5.91 Å². The van der Waals surface area contributed by atoms with Crippen LogP contribution in [0.15, 0.2) is 43.0 Å². The van der Waals surface area contributed by atoms with Crippen LogP contribution >= 0.6 is 0 Å². The normalized spacial score (nSPS) is 14.1. The third-order valence-electron chi connectivity index (χ3n) is 4.63. The Morgan fingerprint density at radius 2 is 2.04 bits per heavy atom. The summed E-state index contributed by atoms with van der Waals surface area (Å²) in [4.78, 5) is 27.1. The first-order valence-corrected chi connectivity index (χ1v) is 8.87. The monoisotopic (exact) mass is 363 g/mol. The molecule has 1 N–H and O–H groups in total. The van der Waals surface area contributed by atoms with Crippen LogP contribution in [0, 0.1) is 19.8 Å². The molecule has 4 heterocycles. The number of nitrogens with one attached hydrogen (secondary N) is 1. The minimum Gasteiger partial charge on any atom is -0.355 e. The van der Waals surface area contributed by atoms with Crippen LogP contribution in [0.3, 0.4) is 0 Å². The Bertz CT molecular complexity index is 948. The Balaban J connectivity index is 1.36. The van der Waals surface area contributed by atoms with E-state index < -0.39 is 0 Å². The van der Waals surface area contributed by atoms with Crippen molar-refractivity contribution in [2.45, 2.75) is 20.4 Å². The fraction of sp³-hybridized carbons (Fsp3) is 0.316. The van der Waals surface area contributed by atoms with Gasteiger partial charge >= 0.3 is 0 Å². The van der Waals surface area contributed by atoms with Crippen molar-refractivity contribution in [2.75, 3.05) is 18.0 Å². The number of aryl methyl sites for hydroxylation is 2. The van der Waals surface area contributed by atoms with Crippen LogP contribution in [0.4, 0.5) is 5.82 Å². The van der Waals surface area contributed by atoms with Gasteiger partial charge in [-0.3, -0.25) is 9.78 Å². The smallest absolute Gasteiger partial charge is 0.226 e. The van der Waals surface area contributed by atoms with E-state index in [-0.39, 0.29) is 11.8 Å². The third-order valence-corrected chi connectivity index (χ3v) is 4.63. The number of aromatic nitrogens is 5. The molecule has 0 atom stereocenters. The molecule has 3 aromatic heterocycles. The van der Waals surface area contributed by atoms with Crippen molar-refractivity contribution in [2.24, 2.45) is 5.92 Å². The molecule has 0 unspecified atom stereocenters. The molecule has 0 radical (unpaired) electrons. The van der Waals surface area contributed by atoms with Gasteiger partial charge in [-0.1, -0.05) is 6.07 Å². The lowest BCUT2D eigenvalue weighted by molar-refractivity contribution is -0.125. The second-order valence-corrected chi connectivity index (χ2v) is 6.75. The topological polar surface area (TPSA) is 88.8 Å². The van der Waals surface area contributed by atoms with Crippen LogP contribution in [0.1, 0.15) is 17.0 Å². The van der Waals surface area contributed by atoms with E-state index >= 15 is 0 Å². The fourth-order valence-electron chi connectivity index (χ4n) is 3.15. The molecular weight excluding hydrogens is 342 g/mol. The zero-order chi connectivity index (χ0) is 18.8. The van der Waals surface area contributed by atoms with E-state index in [1.165, 1.54) is 6.33 Å². The maximum Gasteiger partial charge on any atom is 0.226 e. The first-order valence-electron chi connectivity index (χ1n) is 8.87. The van der Waals surface area contributed by atoms with Crippen molar-refractivity contribution >= 4 is 11.7 Å². The predicted molar refractivity (Wildman–Crippen MR) is 100 cm³/mol. The lowest BCUT2D eigenvalue weighted by Gasteiger charge is -2.39. The number of amides is 1. The average Bonchev–Trinajstić information content (AvgIpc) is 2.98. The molecule has 1 fully saturated rings. The Morgan fingerprint density at radius 1 is 1.22 bits per heavy atom. The van der Waals surface area contributed by atoms with Gasteiger partial charge in [0.1, 0.15) is 12.1 Å². The van der Waals surface area contributed by atoms with Gasteiger partial charge in [-0.15, -0.1) is 0 Å². The highest BCUT2D eigenvalue weighted by Crippen LogP contribution is 2.24. The molecule has 4 rings (SSSR count). The first kappa shape index (κ1) is 17.1. The lowest BCUT2D eigenvalue weighted by Crippen LogP contribution is -2.54. The Kier molecular flexibility index (Phi) is 4.53. The summed E-state index contributed by atoms with van der Waals surface area (Å²) in [7, 11) is 0. The van der Waals surface area contributed by atoms with Crippen LogP contribution in [-0.4, -0.2) is 43.7 Å². The number of pyridine rings is 1. The van der Waals surface area contributed by atoms with Crippen molar-refractivity contribution < 1.29 is 4.79 Å². The van der Waals surface area contributed by atoms with Crippen molar-refractivity contribution in [3.05, 3.63) is 59.9 Å². The lowest BCUT2D eigenvalue weighted by atomic mass is 9.99. The summed E-state index contributed by atoms with van der Waals surface area (Å²) >= 11 is 0. The zero-order valence-electron chi connectivity index (χ0n) is 15.3. The number of hydrogen-bond donors (Lipinski definition) is 1. The van der Waals surface area contributed by atoms with Gasteiger partial charge in [0.05, 0.1) is 11.6 Å². The van der Waals surface area contributed by atoms with Crippen LogP contribution in [-0.2, 0) is 11.3 Å². The Morgan fingerprint density at radius 3 is 2.74 bits per heavy atom. The summed E-state index contributed by atoms with van der Waals surface area (Å²) in [6.45, 7) is 5.74. The SMILES string of the molecule is Cc1cc(C)n(-c2cc(N3CC(C(=O)NCc4cccnc4)C3)ncn2)n1. The first-order chi connectivity index (χ1) is 13.1. The van der Waals surface area contributed by atoms with Crippen molar-refractivity contribution in [3.63, 3.8) is 0 Å². The van der Waals surface area contributed by atoms with Gasteiger partial charge in [0.15, 0.2) is 5.82 Å². The quantitative estimate of drug-likeness (QED) is 0.738. The van der Waals surface area contributed by atoms with E-state index in [2.05, 4.69) is 30.3 Å². The van der Waals surface area contributed by atoms with Gasteiger partial charge in [-0.2, -0.15) is 5.10 Å². The molecule has 3 aromatic rings. The molecule has 1 amide bonds. The molecule has 1 aliphatic heterocycles. The van der Waals surface area contributed by atoms with E-state index in [9.17, 15) is 4.79 Å². The van der Waals surface area contributed by atoms with Gasteiger partial charge in [-0.25, -0.2) is 14.6 Å². The van der Waals surface area contributed by atoms with Gasteiger partial charge < -0.3 is 10.2 Å². The maximum absolute atomic E-state index is 12.3. The Hall–Kier alpha value is -3.29. The second kappa shape index (κ2) is 7.14. The minimum atomic E-state index is -0.0335. The third kappa shape index (κ3) is 3.64. The van der Waals surface area contributed by atoms with Crippen LogP contribution in [0.2, 0.25) is 0 Å². The molecule has 8 nitrogen and oxygen atoms in total. The molecule has 0 saturated carbocycles. The highest BCUT2D eigenvalue weighted by atomic mass is 16.2. The molecule has 1 saturated heterocycles. The summed E-state index contributed by atoms with van der Waals surface area (Å²) in [5.74, 6) is 1.57. The van der Waals surface area contributed by atoms with E-state index in [1.807, 2.05) is 38.1 Å². The van der Waals surface area contributed by atoms with Crippen molar-refractivity contribution in [3.8, 4) is 5.82 Å². The molecule has 0 aliphatic carbocycles. The molecule has 0 spiro atoms. The fourth-order valence-corrected chi connectivity index (χ4v) is 3.15. The van der Waals surface area contributed by atoms with E-state index in [1.54, 1.807) is 17.1 Å². The number of carbonyl (C=O) groups excluding carboxylic acids is 1. The molecule has 8 heteroatoms. The second-order valence-electron chi connectivity index (χ2n) is 6.75. The largest absolute Gasteiger partial charge is 0.355 e. The minimum absolute atomic E-state index is 0.0335. The van der Waals surface area contributed by atoms with Crippen molar-refractivity contribution in [1.82, 2.24) is 30.0 Å². The zero-order valence-corrected chi connectivity index (χ0v) is 15.3. The molecule has 0 bridgehead atoms. The summed E-state index contributed by atoms with van der Waals surface area (Å²) in [6.07, 6.45) is 5.02. The number of nitrogens with zero attached hydrogens (tertiary/aromatic N) is 6. The molecule has 1 aliphatic rings. The number of carbonyl (C=O) groups is 1. The van der Waals surface area contributed by atoms with Gasteiger partial charge in [-0.05, 0) is 31.5 Å². The molecular formula is C19H21N7O. The van der Waals surface area contributed by atoms with E-state index in [4.69, 9.17) is 0 Å². The predicted octanol–water partition coefficient (Wildman–Crippen LogP) is 1.43. The summed E-state index contributed by atoms with van der Waals surface area (Å²) in [6, 6.07) is 7.72. The van der Waals surface area contributed by atoms with Gasteiger partial charge in [0.25, 0.3) is 0 Å². The maximum atomic E-state index is 12.3. The molecule has 0 aromatic carbocycles. The van der Waals surface area contributed by atoms with Crippen molar-refractivity contribution in [1.29, 1.82) is 0 Å². The summed E-state index contributed by atoms with van der Waals surface area (Å²) in [5, 5.41) is 7.43. The van der Waals surface area contributed by atoms with Crippen LogP contribution in [0.25, 0.3) is 5.82 Å².